The second kappa shape index (κ2) is 5.77. The molecule has 3 aromatic rings. The smallest absolute Gasteiger partial charge is 0.228 e. The number of benzene rings is 2. The molecule has 0 saturated heterocycles. The van der Waals surface area contributed by atoms with Crippen molar-refractivity contribution in [2.75, 3.05) is 5.32 Å². The van der Waals surface area contributed by atoms with Crippen LogP contribution in [0.4, 0.5) is 5.69 Å². The van der Waals surface area contributed by atoms with Gasteiger partial charge in [-0.3, -0.25) is 9.48 Å². The number of ether oxygens (including phenoxy) is 1. The molecule has 4 rings (SSSR count). The molecule has 1 amide bonds. The van der Waals surface area contributed by atoms with E-state index in [-0.39, 0.29) is 18.4 Å². The van der Waals surface area contributed by atoms with Crippen LogP contribution in [0.5, 0.6) is 5.75 Å². The summed E-state index contributed by atoms with van der Waals surface area (Å²) < 4.78 is 7.93. The van der Waals surface area contributed by atoms with Gasteiger partial charge in [-0.2, -0.15) is 5.10 Å². The van der Waals surface area contributed by atoms with Crippen LogP contribution in [0.3, 0.4) is 0 Å². The van der Waals surface area contributed by atoms with Crippen LogP contribution in [-0.2, 0) is 11.8 Å². The molecule has 0 bridgehead atoms. The minimum atomic E-state index is -0.343. The summed E-state index contributed by atoms with van der Waals surface area (Å²) in [5.41, 5.74) is 4.81. The maximum Gasteiger partial charge on any atom is 0.228 e. The summed E-state index contributed by atoms with van der Waals surface area (Å²) in [4.78, 5) is 12.1. The Balaban J connectivity index is 1.92. The standard InChI is InChI=1S/C20H19N3O2/c1-4-13-10-19(24)21-18-7-5-6-15(20(18)25-13)14-8-9-17-16(12(14)2)11-23(3)22-17/h4-9,11,13H,1,10H2,2-3H3,(H,21,24)/t13-/m1/s1. The normalized spacial score (nSPS) is 16.7. The second-order valence-electron chi connectivity index (χ2n) is 6.30. The van der Waals surface area contributed by atoms with Crippen molar-refractivity contribution in [1.82, 2.24) is 9.78 Å². The molecule has 1 aliphatic heterocycles. The summed E-state index contributed by atoms with van der Waals surface area (Å²) in [7, 11) is 1.92. The Hall–Kier alpha value is -3.08. The number of amides is 1. The lowest BCUT2D eigenvalue weighted by Gasteiger charge is -2.17. The fourth-order valence-electron chi connectivity index (χ4n) is 3.32. The zero-order chi connectivity index (χ0) is 17.6. The minimum absolute atomic E-state index is 0.0692. The number of aryl methyl sites for hydroxylation is 2. The van der Waals surface area contributed by atoms with E-state index in [0.29, 0.717) is 11.4 Å². The van der Waals surface area contributed by atoms with Crippen LogP contribution in [0.15, 0.2) is 49.2 Å². The van der Waals surface area contributed by atoms with E-state index in [4.69, 9.17) is 4.74 Å². The predicted octanol–water partition coefficient (Wildman–Crippen LogP) is 3.82. The number of nitrogens with one attached hydrogen (secondary N) is 1. The van der Waals surface area contributed by atoms with Gasteiger partial charge in [0.2, 0.25) is 5.91 Å². The molecule has 5 heteroatoms. The molecule has 1 N–H and O–H groups in total. The van der Waals surface area contributed by atoms with Gasteiger partial charge in [-0.15, -0.1) is 0 Å². The third-order valence-corrected chi connectivity index (χ3v) is 4.57. The molecule has 2 aromatic carbocycles. The maximum atomic E-state index is 12.1. The molecule has 126 valence electrons. The number of hydrogen-bond donors (Lipinski definition) is 1. The lowest BCUT2D eigenvalue weighted by molar-refractivity contribution is -0.117. The Kier molecular flexibility index (Phi) is 3.57. The Morgan fingerprint density at radius 1 is 1.32 bits per heavy atom. The maximum absolute atomic E-state index is 12.1. The zero-order valence-electron chi connectivity index (χ0n) is 14.2. The van der Waals surface area contributed by atoms with Crippen LogP contribution in [0.2, 0.25) is 0 Å². The topological polar surface area (TPSA) is 56.2 Å². The van der Waals surface area contributed by atoms with Gasteiger partial charge in [0.1, 0.15) is 6.10 Å². The molecule has 0 spiro atoms. The van der Waals surface area contributed by atoms with Crippen molar-refractivity contribution in [2.45, 2.75) is 19.4 Å². The lowest BCUT2D eigenvalue weighted by atomic mass is 9.96. The van der Waals surface area contributed by atoms with Crippen molar-refractivity contribution >= 4 is 22.5 Å². The van der Waals surface area contributed by atoms with Crippen molar-refractivity contribution in [3.63, 3.8) is 0 Å². The molecule has 1 aromatic heterocycles. The van der Waals surface area contributed by atoms with Crippen LogP contribution >= 0.6 is 0 Å². The Morgan fingerprint density at radius 3 is 2.96 bits per heavy atom. The summed E-state index contributed by atoms with van der Waals surface area (Å²) in [6, 6.07) is 9.87. The summed E-state index contributed by atoms with van der Waals surface area (Å²) in [5.74, 6) is 0.616. The molecule has 5 nitrogen and oxygen atoms in total. The van der Waals surface area contributed by atoms with Crippen molar-refractivity contribution in [2.24, 2.45) is 7.05 Å². The average molecular weight is 333 g/mol. The molecule has 0 aliphatic carbocycles. The monoisotopic (exact) mass is 333 g/mol. The largest absolute Gasteiger partial charge is 0.483 e. The number of fused-ring (bicyclic) bond motifs is 2. The van der Waals surface area contributed by atoms with E-state index < -0.39 is 0 Å². The van der Waals surface area contributed by atoms with Crippen LogP contribution in [-0.4, -0.2) is 21.8 Å². The third-order valence-electron chi connectivity index (χ3n) is 4.57. The first-order valence-corrected chi connectivity index (χ1v) is 8.22. The van der Waals surface area contributed by atoms with E-state index in [1.165, 1.54) is 0 Å². The van der Waals surface area contributed by atoms with Crippen LogP contribution in [0.1, 0.15) is 12.0 Å². The van der Waals surface area contributed by atoms with Crippen molar-refractivity contribution in [3.05, 3.63) is 54.7 Å². The minimum Gasteiger partial charge on any atom is -0.483 e. The summed E-state index contributed by atoms with van der Waals surface area (Å²) in [6.45, 7) is 5.86. The van der Waals surface area contributed by atoms with Crippen molar-refractivity contribution in [1.29, 1.82) is 0 Å². The summed E-state index contributed by atoms with van der Waals surface area (Å²) >= 11 is 0. The molecule has 0 saturated carbocycles. The number of para-hydroxylation sites is 1. The van der Waals surface area contributed by atoms with Crippen LogP contribution in [0, 0.1) is 6.92 Å². The molecule has 0 radical (unpaired) electrons. The molecule has 0 fully saturated rings. The highest BCUT2D eigenvalue weighted by Gasteiger charge is 2.24. The Bertz CT molecular complexity index is 1000. The highest BCUT2D eigenvalue weighted by atomic mass is 16.5. The van der Waals surface area contributed by atoms with E-state index in [9.17, 15) is 4.79 Å². The number of hydrogen-bond acceptors (Lipinski definition) is 3. The predicted molar refractivity (Wildman–Crippen MR) is 98.7 cm³/mol. The number of carbonyl (C=O) groups excluding carboxylic acids is 1. The van der Waals surface area contributed by atoms with E-state index in [1.54, 1.807) is 6.08 Å². The Morgan fingerprint density at radius 2 is 2.16 bits per heavy atom. The first-order valence-electron chi connectivity index (χ1n) is 8.22. The molecule has 1 aliphatic rings. The first-order chi connectivity index (χ1) is 12.1. The fourth-order valence-corrected chi connectivity index (χ4v) is 3.32. The zero-order valence-corrected chi connectivity index (χ0v) is 14.2. The summed E-state index contributed by atoms with van der Waals surface area (Å²) in [5, 5.41) is 8.50. The lowest BCUT2D eigenvalue weighted by Crippen LogP contribution is -2.18. The highest BCUT2D eigenvalue weighted by Crippen LogP contribution is 2.41. The van der Waals surface area contributed by atoms with Gasteiger partial charge >= 0.3 is 0 Å². The first kappa shape index (κ1) is 15.4. The van der Waals surface area contributed by atoms with Crippen molar-refractivity contribution < 1.29 is 9.53 Å². The average Bonchev–Trinajstić information content (AvgIpc) is 2.88. The van der Waals surface area contributed by atoms with Gasteiger partial charge in [0.25, 0.3) is 0 Å². The van der Waals surface area contributed by atoms with Gasteiger partial charge in [0, 0.05) is 24.2 Å². The molecular weight excluding hydrogens is 314 g/mol. The van der Waals surface area contributed by atoms with Gasteiger partial charge in [0.05, 0.1) is 17.6 Å². The van der Waals surface area contributed by atoms with E-state index >= 15 is 0 Å². The van der Waals surface area contributed by atoms with E-state index in [0.717, 1.165) is 27.6 Å². The number of aromatic nitrogens is 2. The number of rotatable bonds is 2. The SMILES string of the molecule is C=C[C@@H]1CC(=O)Nc2cccc(-c3ccc4nn(C)cc4c3C)c2O1. The van der Waals surface area contributed by atoms with Crippen molar-refractivity contribution in [3.8, 4) is 16.9 Å². The van der Waals surface area contributed by atoms with Crippen LogP contribution < -0.4 is 10.1 Å². The summed E-state index contributed by atoms with van der Waals surface area (Å²) in [6.07, 6.45) is 3.61. The molecule has 1 atom stereocenters. The van der Waals surface area contributed by atoms with E-state index in [2.05, 4.69) is 30.0 Å². The van der Waals surface area contributed by atoms with Crippen LogP contribution in [0.25, 0.3) is 22.0 Å². The molecule has 25 heavy (non-hydrogen) atoms. The van der Waals surface area contributed by atoms with Gasteiger partial charge in [0.15, 0.2) is 5.75 Å². The fraction of sp³-hybridized carbons (Fsp3) is 0.200. The number of anilines is 1. The quantitative estimate of drug-likeness (QED) is 0.725. The Labute approximate surface area is 145 Å². The third kappa shape index (κ3) is 2.58. The number of nitrogens with zero attached hydrogens (tertiary/aromatic N) is 2. The van der Waals surface area contributed by atoms with Gasteiger partial charge in [-0.05, 0) is 30.2 Å². The number of carbonyl (C=O) groups is 1. The van der Waals surface area contributed by atoms with E-state index in [1.807, 2.05) is 42.2 Å². The van der Waals surface area contributed by atoms with Gasteiger partial charge in [-0.25, -0.2) is 0 Å². The molecule has 2 heterocycles. The molecular formula is C20H19N3O2. The second-order valence-corrected chi connectivity index (χ2v) is 6.30. The molecule has 0 unspecified atom stereocenters. The van der Waals surface area contributed by atoms with Gasteiger partial charge in [-0.1, -0.05) is 30.9 Å². The highest BCUT2D eigenvalue weighted by molar-refractivity contribution is 5.97. The van der Waals surface area contributed by atoms with Gasteiger partial charge < -0.3 is 10.1 Å².